The van der Waals surface area contributed by atoms with Gasteiger partial charge in [-0.05, 0) is 64.6 Å². The molecule has 0 aliphatic carbocycles. The molecule has 0 radical (unpaired) electrons. The van der Waals surface area contributed by atoms with Gasteiger partial charge in [-0.2, -0.15) is 5.26 Å². The minimum absolute atomic E-state index is 0.447. The molecule has 96 valence electrons. The van der Waals surface area contributed by atoms with Crippen LogP contribution in [0.2, 0.25) is 0 Å². The Labute approximate surface area is 125 Å². The van der Waals surface area contributed by atoms with Crippen molar-refractivity contribution in [1.82, 2.24) is 0 Å². The average molecular weight is 365 g/mol. The molecule has 3 nitrogen and oxygen atoms in total. The van der Waals surface area contributed by atoms with Crippen molar-refractivity contribution in [2.24, 2.45) is 0 Å². The van der Waals surface area contributed by atoms with E-state index in [9.17, 15) is 0 Å². The summed E-state index contributed by atoms with van der Waals surface area (Å²) in [6.45, 7) is 0.447. The second kappa shape index (κ2) is 6.43. The zero-order chi connectivity index (χ0) is 13.7. The Bertz CT molecular complexity index is 603. The fraction of sp³-hybridized carbons (Fsp3) is 0.133. The number of benzene rings is 2. The summed E-state index contributed by atoms with van der Waals surface area (Å²) in [7, 11) is 1.56. The molecule has 0 heterocycles. The van der Waals surface area contributed by atoms with Crippen LogP contribution in [0.3, 0.4) is 0 Å². The Hall–Kier alpha value is -1.74. The summed E-state index contributed by atoms with van der Waals surface area (Å²) in [5.41, 5.74) is 1.50. The van der Waals surface area contributed by atoms with Crippen molar-refractivity contribution in [2.45, 2.75) is 6.61 Å². The zero-order valence-corrected chi connectivity index (χ0v) is 12.5. The van der Waals surface area contributed by atoms with Crippen molar-refractivity contribution in [1.29, 1.82) is 5.26 Å². The standard InChI is InChI=1S/C15H12INO2/c1-18-15-8-11(2-3-12(15)9-17)10-19-14-6-4-13(16)5-7-14/h2-8H,10H2,1H3. The second-order valence-corrected chi connectivity index (χ2v) is 5.13. The van der Waals surface area contributed by atoms with E-state index in [0.717, 1.165) is 11.3 Å². The van der Waals surface area contributed by atoms with Crippen LogP contribution in [0.4, 0.5) is 0 Å². The maximum Gasteiger partial charge on any atom is 0.137 e. The Balaban J connectivity index is 2.07. The monoisotopic (exact) mass is 365 g/mol. The van der Waals surface area contributed by atoms with Crippen LogP contribution in [0.25, 0.3) is 0 Å². The number of nitrogens with zero attached hydrogens (tertiary/aromatic N) is 1. The molecule has 0 atom stereocenters. The summed E-state index contributed by atoms with van der Waals surface area (Å²) in [6.07, 6.45) is 0. The van der Waals surface area contributed by atoms with Gasteiger partial charge in [0.1, 0.15) is 24.2 Å². The van der Waals surface area contributed by atoms with Crippen LogP contribution in [-0.4, -0.2) is 7.11 Å². The van der Waals surface area contributed by atoms with Gasteiger partial charge in [0.05, 0.1) is 12.7 Å². The molecule has 19 heavy (non-hydrogen) atoms. The van der Waals surface area contributed by atoms with Crippen LogP contribution in [-0.2, 0) is 6.61 Å². The van der Waals surface area contributed by atoms with E-state index in [1.807, 2.05) is 36.4 Å². The van der Waals surface area contributed by atoms with Crippen molar-refractivity contribution in [3.05, 3.63) is 57.2 Å². The van der Waals surface area contributed by atoms with Gasteiger partial charge in [-0.25, -0.2) is 0 Å². The van der Waals surface area contributed by atoms with Crippen molar-refractivity contribution in [2.75, 3.05) is 7.11 Å². The summed E-state index contributed by atoms with van der Waals surface area (Å²) in [5.74, 6) is 1.40. The lowest BCUT2D eigenvalue weighted by Gasteiger charge is -2.08. The molecule has 2 rings (SSSR count). The number of nitriles is 1. The fourth-order valence-electron chi connectivity index (χ4n) is 1.62. The highest BCUT2D eigenvalue weighted by Crippen LogP contribution is 2.21. The number of ether oxygens (including phenoxy) is 2. The summed E-state index contributed by atoms with van der Waals surface area (Å²) in [4.78, 5) is 0. The number of hydrogen-bond acceptors (Lipinski definition) is 3. The third kappa shape index (κ3) is 3.61. The van der Waals surface area contributed by atoms with E-state index in [1.54, 1.807) is 13.2 Å². The van der Waals surface area contributed by atoms with Gasteiger partial charge in [0.25, 0.3) is 0 Å². The number of hydrogen-bond donors (Lipinski definition) is 0. The van der Waals surface area contributed by atoms with Gasteiger partial charge in [-0.1, -0.05) is 6.07 Å². The summed E-state index contributed by atoms with van der Waals surface area (Å²) < 4.78 is 12.0. The van der Waals surface area contributed by atoms with Gasteiger partial charge < -0.3 is 9.47 Å². The van der Waals surface area contributed by atoms with Crippen LogP contribution in [0, 0.1) is 14.9 Å². The van der Waals surface area contributed by atoms with Crippen molar-refractivity contribution >= 4 is 22.6 Å². The quantitative estimate of drug-likeness (QED) is 0.775. The lowest BCUT2D eigenvalue weighted by Crippen LogP contribution is -1.97. The van der Waals surface area contributed by atoms with Crippen LogP contribution < -0.4 is 9.47 Å². The molecule has 0 saturated heterocycles. The molecule has 0 N–H and O–H groups in total. The highest BCUT2D eigenvalue weighted by Gasteiger charge is 2.04. The lowest BCUT2D eigenvalue weighted by molar-refractivity contribution is 0.305. The fourth-order valence-corrected chi connectivity index (χ4v) is 1.97. The molecular weight excluding hydrogens is 353 g/mol. The third-order valence-electron chi connectivity index (χ3n) is 2.61. The predicted octanol–water partition coefficient (Wildman–Crippen LogP) is 3.75. The molecule has 0 aliphatic heterocycles. The normalized spacial score (nSPS) is 9.74. The zero-order valence-electron chi connectivity index (χ0n) is 10.4. The first-order valence-electron chi connectivity index (χ1n) is 5.68. The van der Waals surface area contributed by atoms with Gasteiger partial charge in [0, 0.05) is 3.57 Å². The maximum atomic E-state index is 8.91. The van der Waals surface area contributed by atoms with E-state index in [-0.39, 0.29) is 0 Å². The van der Waals surface area contributed by atoms with E-state index in [0.29, 0.717) is 17.9 Å². The molecule has 2 aromatic rings. The van der Waals surface area contributed by atoms with Gasteiger partial charge in [0.15, 0.2) is 0 Å². The van der Waals surface area contributed by atoms with E-state index in [1.165, 1.54) is 3.57 Å². The maximum absolute atomic E-state index is 8.91. The molecule has 0 unspecified atom stereocenters. The van der Waals surface area contributed by atoms with E-state index in [2.05, 4.69) is 28.7 Å². The Kier molecular flexibility index (Phi) is 4.63. The van der Waals surface area contributed by atoms with Gasteiger partial charge >= 0.3 is 0 Å². The first-order chi connectivity index (χ1) is 9.22. The van der Waals surface area contributed by atoms with Crippen LogP contribution in [0.1, 0.15) is 11.1 Å². The van der Waals surface area contributed by atoms with Crippen LogP contribution in [0.5, 0.6) is 11.5 Å². The Morgan fingerprint density at radius 2 is 1.89 bits per heavy atom. The molecule has 2 aromatic carbocycles. The highest BCUT2D eigenvalue weighted by atomic mass is 127. The van der Waals surface area contributed by atoms with Gasteiger partial charge in [-0.3, -0.25) is 0 Å². The van der Waals surface area contributed by atoms with E-state index < -0.39 is 0 Å². The Morgan fingerprint density at radius 1 is 1.16 bits per heavy atom. The van der Waals surface area contributed by atoms with Crippen molar-refractivity contribution in [3.8, 4) is 17.6 Å². The highest BCUT2D eigenvalue weighted by molar-refractivity contribution is 14.1. The van der Waals surface area contributed by atoms with E-state index in [4.69, 9.17) is 14.7 Å². The molecule has 4 heteroatoms. The summed E-state index contributed by atoms with van der Waals surface area (Å²) in [6, 6.07) is 15.4. The first kappa shape index (κ1) is 13.7. The second-order valence-electron chi connectivity index (χ2n) is 3.89. The third-order valence-corrected chi connectivity index (χ3v) is 3.32. The molecule has 0 bridgehead atoms. The molecule has 0 aliphatic rings. The largest absolute Gasteiger partial charge is 0.495 e. The number of rotatable bonds is 4. The topological polar surface area (TPSA) is 42.2 Å². The summed E-state index contributed by atoms with van der Waals surface area (Å²) in [5, 5.41) is 8.91. The molecular formula is C15H12INO2. The lowest BCUT2D eigenvalue weighted by atomic mass is 10.1. The SMILES string of the molecule is COc1cc(COc2ccc(I)cc2)ccc1C#N. The van der Waals surface area contributed by atoms with Gasteiger partial charge in [0.2, 0.25) is 0 Å². The minimum Gasteiger partial charge on any atom is -0.495 e. The van der Waals surface area contributed by atoms with E-state index >= 15 is 0 Å². The Morgan fingerprint density at radius 3 is 2.53 bits per heavy atom. The first-order valence-corrected chi connectivity index (χ1v) is 6.76. The summed E-state index contributed by atoms with van der Waals surface area (Å²) >= 11 is 2.25. The predicted molar refractivity (Wildman–Crippen MR) is 81.2 cm³/mol. The van der Waals surface area contributed by atoms with Crippen LogP contribution >= 0.6 is 22.6 Å². The van der Waals surface area contributed by atoms with Crippen molar-refractivity contribution < 1.29 is 9.47 Å². The smallest absolute Gasteiger partial charge is 0.137 e. The molecule has 0 amide bonds. The van der Waals surface area contributed by atoms with Gasteiger partial charge in [-0.15, -0.1) is 0 Å². The number of halogens is 1. The average Bonchev–Trinajstić information content (AvgIpc) is 2.46. The molecule has 0 spiro atoms. The van der Waals surface area contributed by atoms with Crippen molar-refractivity contribution in [3.63, 3.8) is 0 Å². The molecule has 0 saturated carbocycles. The molecule has 0 fully saturated rings. The van der Waals surface area contributed by atoms with Crippen LogP contribution in [0.15, 0.2) is 42.5 Å². The number of methoxy groups -OCH3 is 1. The molecule has 0 aromatic heterocycles. The minimum atomic E-state index is 0.447.